The summed E-state index contributed by atoms with van der Waals surface area (Å²) in [5.74, 6) is -1.30. The summed E-state index contributed by atoms with van der Waals surface area (Å²) in [5, 5.41) is 3.40. The summed E-state index contributed by atoms with van der Waals surface area (Å²) >= 11 is 0. The van der Waals surface area contributed by atoms with E-state index >= 15 is 0 Å². The van der Waals surface area contributed by atoms with Gasteiger partial charge in [-0.25, -0.2) is 4.79 Å². The number of carbonyl (C=O) groups is 3. The van der Waals surface area contributed by atoms with Gasteiger partial charge in [-0.15, -0.1) is 0 Å². The van der Waals surface area contributed by atoms with Crippen molar-refractivity contribution in [3.63, 3.8) is 0 Å². The molecule has 0 aliphatic carbocycles. The van der Waals surface area contributed by atoms with Crippen LogP contribution in [0.15, 0.2) is 52.9 Å². The van der Waals surface area contributed by atoms with Crippen LogP contribution in [0.25, 0.3) is 11.0 Å². The van der Waals surface area contributed by atoms with Crippen molar-refractivity contribution in [3.05, 3.63) is 65.4 Å². The summed E-state index contributed by atoms with van der Waals surface area (Å²) in [6.07, 6.45) is -1.06. The lowest BCUT2D eigenvalue weighted by atomic mass is 10.1. The molecule has 1 aromatic heterocycles. The van der Waals surface area contributed by atoms with Crippen molar-refractivity contribution >= 4 is 34.3 Å². The van der Waals surface area contributed by atoms with E-state index in [1.165, 1.54) is 21.0 Å². The number of ketones is 1. The zero-order chi connectivity index (χ0) is 21.0. The molecule has 7 heteroatoms. The van der Waals surface area contributed by atoms with E-state index in [9.17, 15) is 14.4 Å². The van der Waals surface area contributed by atoms with Gasteiger partial charge >= 0.3 is 5.97 Å². The molecule has 1 heterocycles. The lowest BCUT2D eigenvalue weighted by Gasteiger charge is -2.13. The molecule has 1 amide bonds. The summed E-state index contributed by atoms with van der Waals surface area (Å²) in [5.41, 5.74) is 2.14. The van der Waals surface area contributed by atoms with Gasteiger partial charge in [-0.2, -0.15) is 0 Å². The highest BCUT2D eigenvalue weighted by atomic mass is 16.6. The Labute approximate surface area is 167 Å². The van der Waals surface area contributed by atoms with Crippen LogP contribution in [0.2, 0.25) is 0 Å². The van der Waals surface area contributed by atoms with Gasteiger partial charge in [0.25, 0.3) is 5.91 Å². The number of ether oxygens (including phenoxy) is 2. The number of hydrogen-bond acceptors (Lipinski definition) is 6. The first-order chi connectivity index (χ1) is 13.9. The van der Waals surface area contributed by atoms with Crippen LogP contribution in [0.1, 0.15) is 40.3 Å². The molecule has 3 rings (SSSR count). The second kappa shape index (κ2) is 8.70. The highest BCUT2D eigenvalue weighted by molar-refractivity contribution is 6.00. The molecule has 0 bridgehead atoms. The smallest absolute Gasteiger partial charge is 0.375 e. The molecule has 0 spiro atoms. The first kappa shape index (κ1) is 20.3. The Hall–Kier alpha value is -3.45. The molecule has 1 atom stereocenters. The Balaban J connectivity index is 1.71. The topological polar surface area (TPSA) is 94.8 Å². The molecule has 0 fully saturated rings. The van der Waals surface area contributed by atoms with Gasteiger partial charge in [-0.1, -0.05) is 18.2 Å². The van der Waals surface area contributed by atoms with E-state index < -0.39 is 18.0 Å². The molecule has 0 aliphatic heterocycles. The number of methoxy groups -OCH3 is 1. The molecule has 29 heavy (non-hydrogen) atoms. The standard InChI is InChI=1S/C22H21NO6/c1-13(24)15-8-10-16(11-9-15)23-21(25)14(2)28-22(26)20-18(12-27-3)17-6-4-5-7-19(17)29-20/h4-11,14H,12H2,1-3H3,(H,23,25)/t14-/m0/s1. The molecular formula is C22H21NO6. The highest BCUT2D eigenvalue weighted by Crippen LogP contribution is 2.27. The van der Waals surface area contributed by atoms with Gasteiger partial charge in [0.15, 0.2) is 11.9 Å². The summed E-state index contributed by atoms with van der Waals surface area (Å²) in [7, 11) is 1.52. The predicted molar refractivity (Wildman–Crippen MR) is 107 cm³/mol. The molecular weight excluding hydrogens is 374 g/mol. The van der Waals surface area contributed by atoms with Gasteiger partial charge in [0.1, 0.15) is 5.58 Å². The van der Waals surface area contributed by atoms with Crippen molar-refractivity contribution in [1.82, 2.24) is 0 Å². The molecule has 7 nitrogen and oxygen atoms in total. The number of hydrogen-bond donors (Lipinski definition) is 1. The number of Topliss-reactive ketones (excluding diaryl/α,β-unsaturated/α-hetero) is 1. The zero-order valence-electron chi connectivity index (χ0n) is 16.4. The maximum absolute atomic E-state index is 12.6. The second-order valence-corrected chi connectivity index (χ2v) is 6.51. The minimum atomic E-state index is -1.06. The fourth-order valence-electron chi connectivity index (χ4n) is 2.85. The third-order valence-corrected chi connectivity index (χ3v) is 4.38. The number of fused-ring (bicyclic) bond motifs is 1. The van der Waals surface area contributed by atoms with Crippen molar-refractivity contribution in [1.29, 1.82) is 0 Å². The number of carbonyl (C=O) groups excluding carboxylic acids is 3. The molecule has 2 aromatic carbocycles. The zero-order valence-corrected chi connectivity index (χ0v) is 16.4. The van der Waals surface area contributed by atoms with Crippen LogP contribution in [0, 0.1) is 0 Å². The number of esters is 1. The Morgan fingerprint density at radius 3 is 2.41 bits per heavy atom. The third-order valence-electron chi connectivity index (χ3n) is 4.38. The maximum Gasteiger partial charge on any atom is 0.375 e. The SMILES string of the molecule is COCc1c(C(=O)O[C@@H](C)C(=O)Nc2ccc(C(C)=O)cc2)oc2ccccc12. The van der Waals surface area contributed by atoms with E-state index in [1.54, 1.807) is 36.4 Å². The average Bonchev–Trinajstić information content (AvgIpc) is 3.07. The van der Waals surface area contributed by atoms with E-state index in [2.05, 4.69) is 5.32 Å². The second-order valence-electron chi connectivity index (χ2n) is 6.51. The maximum atomic E-state index is 12.6. The van der Waals surface area contributed by atoms with Gasteiger partial charge < -0.3 is 19.2 Å². The number of furan rings is 1. The summed E-state index contributed by atoms with van der Waals surface area (Å²) in [6, 6.07) is 13.6. The van der Waals surface area contributed by atoms with Crippen LogP contribution in [0.3, 0.4) is 0 Å². The molecule has 0 aliphatic rings. The minimum Gasteiger partial charge on any atom is -0.449 e. The minimum absolute atomic E-state index is 0.0125. The number of amides is 1. The van der Waals surface area contributed by atoms with Crippen LogP contribution in [0.4, 0.5) is 5.69 Å². The van der Waals surface area contributed by atoms with Crippen molar-refractivity contribution in [3.8, 4) is 0 Å². The van der Waals surface area contributed by atoms with Gasteiger partial charge in [0.05, 0.1) is 6.61 Å². The Morgan fingerprint density at radius 1 is 1.07 bits per heavy atom. The number of benzene rings is 2. The molecule has 150 valence electrons. The van der Waals surface area contributed by atoms with Crippen LogP contribution >= 0.6 is 0 Å². The van der Waals surface area contributed by atoms with Gasteiger partial charge in [-0.05, 0) is 44.2 Å². The van der Waals surface area contributed by atoms with E-state index in [0.29, 0.717) is 22.4 Å². The molecule has 0 saturated heterocycles. The van der Waals surface area contributed by atoms with Crippen LogP contribution < -0.4 is 5.32 Å². The predicted octanol–water partition coefficient (Wildman–Crippen LogP) is 3.97. The lowest BCUT2D eigenvalue weighted by molar-refractivity contribution is -0.123. The van der Waals surface area contributed by atoms with Crippen molar-refractivity contribution in [2.75, 3.05) is 12.4 Å². The van der Waals surface area contributed by atoms with Crippen molar-refractivity contribution in [2.45, 2.75) is 26.6 Å². The summed E-state index contributed by atoms with van der Waals surface area (Å²) in [6.45, 7) is 3.10. The monoisotopic (exact) mass is 395 g/mol. The first-order valence-electron chi connectivity index (χ1n) is 9.03. The molecule has 1 N–H and O–H groups in total. The fourth-order valence-corrected chi connectivity index (χ4v) is 2.85. The van der Waals surface area contributed by atoms with Crippen molar-refractivity contribution in [2.24, 2.45) is 0 Å². The Bertz CT molecular complexity index is 1050. The third kappa shape index (κ3) is 4.52. The van der Waals surface area contributed by atoms with Crippen LogP contribution in [0.5, 0.6) is 0 Å². The number of anilines is 1. The quantitative estimate of drug-likeness (QED) is 0.481. The van der Waals surface area contributed by atoms with E-state index in [4.69, 9.17) is 13.9 Å². The normalized spacial score (nSPS) is 11.8. The van der Waals surface area contributed by atoms with E-state index in [0.717, 1.165) is 5.39 Å². The first-order valence-corrected chi connectivity index (χ1v) is 9.03. The van der Waals surface area contributed by atoms with Gasteiger partial charge in [0, 0.05) is 29.3 Å². The van der Waals surface area contributed by atoms with Crippen molar-refractivity contribution < 1.29 is 28.3 Å². The molecule has 0 saturated carbocycles. The molecule has 0 radical (unpaired) electrons. The molecule has 0 unspecified atom stereocenters. The Kier molecular flexibility index (Phi) is 6.09. The number of para-hydroxylation sites is 1. The summed E-state index contributed by atoms with van der Waals surface area (Å²) in [4.78, 5) is 36.3. The summed E-state index contributed by atoms with van der Waals surface area (Å²) < 4.78 is 16.1. The van der Waals surface area contributed by atoms with E-state index in [-0.39, 0.29) is 18.2 Å². The Morgan fingerprint density at radius 2 is 1.76 bits per heavy atom. The van der Waals surface area contributed by atoms with E-state index in [1.807, 2.05) is 12.1 Å². The number of nitrogens with one attached hydrogen (secondary N) is 1. The molecule has 3 aromatic rings. The highest BCUT2D eigenvalue weighted by Gasteiger charge is 2.25. The fraction of sp³-hybridized carbons (Fsp3) is 0.227. The average molecular weight is 395 g/mol. The lowest BCUT2D eigenvalue weighted by Crippen LogP contribution is -2.30. The van der Waals surface area contributed by atoms with Crippen LogP contribution in [-0.2, 0) is 20.9 Å². The van der Waals surface area contributed by atoms with Crippen LogP contribution in [-0.4, -0.2) is 30.9 Å². The largest absolute Gasteiger partial charge is 0.449 e. The number of rotatable bonds is 7. The van der Waals surface area contributed by atoms with Gasteiger partial charge in [-0.3, -0.25) is 9.59 Å². The van der Waals surface area contributed by atoms with Gasteiger partial charge in [0.2, 0.25) is 5.76 Å².